The van der Waals surface area contributed by atoms with Gasteiger partial charge in [0.1, 0.15) is 6.33 Å². The second kappa shape index (κ2) is 8.31. The molecule has 7 heteroatoms. The van der Waals surface area contributed by atoms with Crippen molar-refractivity contribution in [2.75, 3.05) is 13.1 Å². The molecule has 1 aromatic heterocycles. The summed E-state index contributed by atoms with van der Waals surface area (Å²) < 4.78 is 1.59. The van der Waals surface area contributed by atoms with Gasteiger partial charge >= 0.3 is 0 Å². The van der Waals surface area contributed by atoms with Crippen LogP contribution in [0.15, 0.2) is 54.9 Å². The van der Waals surface area contributed by atoms with E-state index in [9.17, 15) is 9.90 Å². The molecule has 1 aliphatic rings. The van der Waals surface area contributed by atoms with Gasteiger partial charge in [0.25, 0.3) is 0 Å². The first kappa shape index (κ1) is 18.3. The van der Waals surface area contributed by atoms with Crippen molar-refractivity contribution in [3.8, 4) is 5.69 Å². The maximum atomic E-state index is 12.7. The molecule has 0 bridgehead atoms. The van der Waals surface area contributed by atoms with Gasteiger partial charge in [-0.05, 0) is 58.0 Å². The molecule has 28 heavy (non-hydrogen) atoms. The van der Waals surface area contributed by atoms with Gasteiger partial charge < -0.3 is 10.0 Å². The first-order valence-corrected chi connectivity index (χ1v) is 9.50. The minimum Gasteiger partial charge on any atom is -0.392 e. The molecule has 2 aromatic carbocycles. The smallest absolute Gasteiger partial charge is 0.226 e. The molecule has 1 atom stereocenters. The highest BCUT2D eigenvalue weighted by atomic mass is 16.3. The van der Waals surface area contributed by atoms with Gasteiger partial charge in [-0.15, -0.1) is 5.10 Å². The molecule has 0 aliphatic carbocycles. The van der Waals surface area contributed by atoms with Crippen LogP contribution in [0.3, 0.4) is 0 Å². The first-order valence-electron chi connectivity index (χ1n) is 9.50. The van der Waals surface area contributed by atoms with Crippen molar-refractivity contribution in [3.63, 3.8) is 0 Å². The van der Waals surface area contributed by atoms with E-state index in [4.69, 9.17) is 0 Å². The number of amides is 1. The summed E-state index contributed by atoms with van der Waals surface area (Å²) in [6, 6.07) is 15.8. The Bertz CT molecular complexity index is 924. The van der Waals surface area contributed by atoms with E-state index in [0.717, 1.165) is 42.7 Å². The Morgan fingerprint density at radius 1 is 1.11 bits per heavy atom. The molecule has 1 saturated heterocycles. The molecule has 7 nitrogen and oxygen atoms in total. The lowest BCUT2D eigenvalue weighted by Gasteiger charge is -2.17. The Kier molecular flexibility index (Phi) is 5.43. The number of aliphatic hydroxyl groups excluding tert-OH is 1. The van der Waals surface area contributed by atoms with Crippen molar-refractivity contribution in [1.29, 1.82) is 0 Å². The molecule has 0 radical (unpaired) electrons. The third kappa shape index (κ3) is 4.26. The summed E-state index contributed by atoms with van der Waals surface area (Å²) in [5, 5.41) is 20.4. The number of hydrogen-bond acceptors (Lipinski definition) is 5. The van der Waals surface area contributed by atoms with Crippen molar-refractivity contribution < 1.29 is 9.90 Å². The summed E-state index contributed by atoms with van der Waals surface area (Å²) in [7, 11) is 0. The van der Waals surface area contributed by atoms with Gasteiger partial charge in [-0.2, -0.15) is 0 Å². The van der Waals surface area contributed by atoms with Crippen LogP contribution in [-0.2, 0) is 24.2 Å². The minimum absolute atomic E-state index is 0.0648. The van der Waals surface area contributed by atoms with Crippen molar-refractivity contribution in [1.82, 2.24) is 25.1 Å². The SMILES string of the molecule is O=C(Cc1ccc(-n2cnnn2)cc1)N1CC[C@H](Cc2cccc(CO)c2)C1. The zero-order valence-corrected chi connectivity index (χ0v) is 15.6. The Morgan fingerprint density at radius 2 is 1.93 bits per heavy atom. The number of benzene rings is 2. The zero-order valence-electron chi connectivity index (χ0n) is 15.6. The van der Waals surface area contributed by atoms with E-state index in [1.165, 1.54) is 5.56 Å². The number of rotatable bonds is 6. The van der Waals surface area contributed by atoms with E-state index in [0.29, 0.717) is 12.3 Å². The highest BCUT2D eigenvalue weighted by molar-refractivity contribution is 5.79. The van der Waals surface area contributed by atoms with Crippen LogP contribution in [0.4, 0.5) is 0 Å². The van der Waals surface area contributed by atoms with E-state index in [1.54, 1.807) is 11.0 Å². The molecule has 1 fully saturated rings. The highest BCUT2D eigenvalue weighted by Crippen LogP contribution is 2.22. The van der Waals surface area contributed by atoms with Gasteiger partial charge in [-0.1, -0.05) is 36.4 Å². The second-order valence-corrected chi connectivity index (χ2v) is 7.27. The van der Waals surface area contributed by atoms with Crippen LogP contribution >= 0.6 is 0 Å². The van der Waals surface area contributed by atoms with Crippen molar-refractivity contribution in [2.45, 2.75) is 25.9 Å². The average molecular weight is 377 g/mol. The molecule has 2 heterocycles. The highest BCUT2D eigenvalue weighted by Gasteiger charge is 2.26. The zero-order chi connectivity index (χ0) is 19.3. The van der Waals surface area contributed by atoms with Crippen molar-refractivity contribution in [2.24, 2.45) is 5.92 Å². The summed E-state index contributed by atoms with van der Waals surface area (Å²) >= 11 is 0. The Morgan fingerprint density at radius 3 is 2.68 bits per heavy atom. The topological polar surface area (TPSA) is 84.1 Å². The van der Waals surface area contributed by atoms with Gasteiger partial charge in [-0.25, -0.2) is 4.68 Å². The molecule has 3 aromatic rings. The quantitative estimate of drug-likeness (QED) is 0.708. The molecular weight excluding hydrogens is 354 g/mol. The van der Waals surface area contributed by atoms with Crippen LogP contribution in [0, 0.1) is 5.92 Å². The van der Waals surface area contributed by atoms with Crippen LogP contribution in [0.2, 0.25) is 0 Å². The van der Waals surface area contributed by atoms with Crippen LogP contribution in [-0.4, -0.2) is 49.2 Å². The van der Waals surface area contributed by atoms with Gasteiger partial charge in [0.2, 0.25) is 5.91 Å². The first-order chi connectivity index (χ1) is 13.7. The van der Waals surface area contributed by atoms with Gasteiger partial charge in [0.15, 0.2) is 0 Å². The standard InChI is InChI=1S/C21H23N5O2/c27-14-19-3-1-2-17(11-19)10-18-8-9-25(13-18)21(28)12-16-4-6-20(7-5-16)26-15-22-23-24-26/h1-7,11,15,18,27H,8-10,12-14H2/t18-/m1/s1. The normalized spacial score (nSPS) is 16.5. The number of aliphatic hydroxyl groups is 1. The lowest BCUT2D eigenvalue weighted by molar-refractivity contribution is -0.129. The molecule has 4 rings (SSSR count). The number of nitrogens with zero attached hydrogens (tertiary/aromatic N) is 5. The van der Waals surface area contributed by atoms with Crippen LogP contribution in [0.5, 0.6) is 0 Å². The summed E-state index contributed by atoms with van der Waals surface area (Å²) in [4.78, 5) is 14.7. The third-order valence-electron chi connectivity index (χ3n) is 5.24. The van der Waals surface area contributed by atoms with Gasteiger partial charge in [-0.3, -0.25) is 4.79 Å². The number of tetrazole rings is 1. The Hall–Kier alpha value is -3.06. The largest absolute Gasteiger partial charge is 0.392 e. The second-order valence-electron chi connectivity index (χ2n) is 7.27. The third-order valence-corrected chi connectivity index (χ3v) is 5.24. The van der Waals surface area contributed by atoms with Crippen LogP contribution in [0.25, 0.3) is 5.69 Å². The van der Waals surface area contributed by atoms with E-state index >= 15 is 0 Å². The maximum absolute atomic E-state index is 12.7. The summed E-state index contributed by atoms with van der Waals surface area (Å²) in [5.41, 5.74) is 4.02. The average Bonchev–Trinajstić information content (AvgIpc) is 3.41. The number of carbonyl (C=O) groups excluding carboxylic acids is 1. The summed E-state index contributed by atoms with van der Waals surface area (Å²) in [6.07, 6.45) is 3.91. The lowest BCUT2D eigenvalue weighted by atomic mass is 9.97. The molecule has 1 N–H and O–H groups in total. The number of hydrogen-bond donors (Lipinski definition) is 1. The van der Waals surface area contributed by atoms with Gasteiger partial charge in [0.05, 0.1) is 18.7 Å². The van der Waals surface area contributed by atoms with Crippen LogP contribution in [0.1, 0.15) is 23.1 Å². The molecular formula is C21H23N5O2. The minimum atomic E-state index is 0.0648. The van der Waals surface area contributed by atoms with E-state index in [-0.39, 0.29) is 12.5 Å². The fourth-order valence-electron chi connectivity index (χ4n) is 3.75. The molecule has 0 spiro atoms. The lowest BCUT2D eigenvalue weighted by Crippen LogP contribution is -2.30. The Balaban J connectivity index is 1.32. The molecule has 0 unspecified atom stereocenters. The van der Waals surface area contributed by atoms with Gasteiger partial charge in [0, 0.05) is 13.1 Å². The fourth-order valence-corrected chi connectivity index (χ4v) is 3.75. The summed E-state index contributed by atoms with van der Waals surface area (Å²) in [5.74, 6) is 0.641. The molecule has 144 valence electrons. The van der Waals surface area contributed by atoms with E-state index < -0.39 is 0 Å². The monoisotopic (exact) mass is 377 g/mol. The maximum Gasteiger partial charge on any atom is 0.226 e. The van der Waals surface area contributed by atoms with E-state index in [2.05, 4.69) is 27.7 Å². The van der Waals surface area contributed by atoms with E-state index in [1.807, 2.05) is 41.3 Å². The molecule has 1 aliphatic heterocycles. The number of likely N-dealkylation sites (tertiary alicyclic amines) is 1. The number of carbonyl (C=O) groups is 1. The predicted octanol–water partition coefficient (Wildman–Crippen LogP) is 1.79. The van der Waals surface area contributed by atoms with Crippen LogP contribution < -0.4 is 0 Å². The fraction of sp³-hybridized carbons (Fsp3) is 0.333. The molecule has 1 amide bonds. The molecule has 0 saturated carbocycles. The summed E-state index contributed by atoms with van der Waals surface area (Å²) in [6.45, 7) is 1.67. The predicted molar refractivity (Wildman–Crippen MR) is 104 cm³/mol. The Labute approximate surface area is 163 Å². The number of aromatic nitrogens is 4. The van der Waals surface area contributed by atoms with Crippen molar-refractivity contribution in [3.05, 3.63) is 71.5 Å². The van der Waals surface area contributed by atoms with Crippen molar-refractivity contribution >= 4 is 5.91 Å².